The van der Waals surface area contributed by atoms with E-state index < -0.39 is 5.92 Å². The maximum Gasteiger partial charge on any atom is 0.265 e. The number of amides is 2. The van der Waals surface area contributed by atoms with Gasteiger partial charge in [-0.25, -0.2) is 0 Å². The Morgan fingerprint density at radius 2 is 2.09 bits per heavy atom. The normalized spacial score (nSPS) is 19.8. The van der Waals surface area contributed by atoms with E-state index in [2.05, 4.69) is 25.5 Å². The van der Waals surface area contributed by atoms with E-state index in [0.717, 1.165) is 0 Å². The number of fused-ring (bicyclic) bond motifs is 1. The number of hydrazone groups is 1. The van der Waals surface area contributed by atoms with Gasteiger partial charge in [-0.05, 0) is 6.92 Å². The van der Waals surface area contributed by atoms with Gasteiger partial charge in [-0.3, -0.25) is 14.6 Å². The van der Waals surface area contributed by atoms with E-state index in [1.54, 1.807) is 33.9 Å². The highest BCUT2D eigenvalue weighted by Crippen LogP contribution is 2.19. The van der Waals surface area contributed by atoms with Gasteiger partial charge in [0.2, 0.25) is 5.91 Å². The average Bonchev–Trinajstić information content (AvgIpc) is 3.03. The first kappa shape index (κ1) is 15.1. The summed E-state index contributed by atoms with van der Waals surface area (Å²) in [5, 5.41) is 12.6. The molecule has 1 N–H and O–H groups in total. The van der Waals surface area contributed by atoms with E-state index in [0.29, 0.717) is 17.3 Å². The van der Waals surface area contributed by atoms with Crippen LogP contribution in [0.3, 0.4) is 0 Å². The second-order valence-electron chi connectivity index (χ2n) is 5.71. The fourth-order valence-corrected chi connectivity index (χ4v) is 2.21. The van der Waals surface area contributed by atoms with Gasteiger partial charge < -0.3 is 5.32 Å². The lowest BCUT2D eigenvalue weighted by molar-refractivity contribution is -0.119. The summed E-state index contributed by atoms with van der Waals surface area (Å²) in [4.78, 5) is 32.4. The molecule has 0 fully saturated rings. The van der Waals surface area contributed by atoms with Crippen molar-refractivity contribution >= 4 is 35.6 Å². The molecular formula is C14H17N7O2. The molecule has 0 saturated carbocycles. The summed E-state index contributed by atoms with van der Waals surface area (Å²) in [6.07, 6.45) is 1.51. The maximum absolute atomic E-state index is 12.1. The minimum absolute atomic E-state index is 0.116. The van der Waals surface area contributed by atoms with Crippen LogP contribution in [0, 0.1) is 18.8 Å². The smallest absolute Gasteiger partial charge is 0.265 e. The number of hydrogen-bond donors (Lipinski definition) is 1. The number of nitrogens with one attached hydrogen (secondary N) is 1. The molecule has 0 aromatic carbocycles. The van der Waals surface area contributed by atoms with Crippen LogP contribution in [0.2, 0.25) is 0 Å². The van der Waals surface area contributed by atoms with E-state index in [4.69, 9.17) is 0 Å². The van der Waals surface area contributed by atoms with Crippen molar-refractivity contribution in [2.75, 3.05) is 12.4 Å². The number of carbonyl (C=O) groups is 2. The van der Waals surface area contributed by atoms with E-state index in [1.807, 2.05) is 0 Å². The number of anilines is 1. The Morgan fingerprint density at radius 3 is 2.78 bits per heavy atom. The number of carbonyl (C=O) groups excluding carboxylic acids is 2. The lowest BCUT2D eigenvalue weighted by atomic mass is 10.1. The topological polar surface area (TPSA) is 104 Å². The highest BCUT2D eigenvalue weighted by atomic mass is 16.2. The number of amidine groups is 1. The van der Waals surface area contributed by atoms with Gasteiger partial charge in [0.1, 0.15) is 17.6 Å². The van der Waals surface area contributed by atoms with E-state index in [1.165, 1.54) is 15.9 Å². The second kappa shape index (κ2) is 5.41. The van der Waals surface area contributed by atoms with Crippen molar-refractivity contribution in [3.05, 3.63) is 11.8 Å². The van der Waals surface area contributed by atoms with Gasteiger partial charge in [0.15, 0.2) is 0 Å². The summed E-state index contributed by atoms with van der Waals surface area (Å²) in [6.45, 7) is 5.37. The third kappa shape index (κ3) is 2.65. The van der Waals surface area contributed by atoms with Crippen molar-refractivity contribution in [3.8, 4) is 0 Å². The molecule has 1 unspecified atom stereocenters. The summed E-state index contributed by atoms with van der Waals surface area (Å²) < 4.78 is 1.36. The number of nitrogens with zero attached hydrogens (tertiary/aromatic N) is 6. The Hall–Kier alpha value is -2.84. The SMILES string of the molecule is Cc1cc(NC(=O)C(C)C)n(C2=NC(=O)C3C=NN(C)C3=N2)n1. The molecule has 0 radical (unpaired) electrons. The maximum atomic E-state index is 12.1. The highest BCUT2D eigenvalue weighted by Gasteiger charge is 2.35. The summed E-state index contributed by atoms with van der Waals surface area (Å²) in [6, 6.07) is 1.70. The molecule has 9 nitrogen and oxygen atoms in total. The molecule has 120 valence electrons. The summed E-state index contributed by atoms with van der Waals surface area (Å²) in [5.74, 6) is -0.196. The average molecular weight is 315 g/mol. The molecule has 2 amide bonds. The van der Waals surface area contributed by atoms with E-state index in [-0.39, 0.29) is 23.7 Å². The molecule has 1 atom stereocenters. The molecule has 9 heteroatoms. The standard InChI is InChI=1S/C14H17N7O2/c1-7(2)12(22)16-10-5-8(3)19-21(10)14-17-11-9(13(23)18-14)6-15-20(11)4/h5-7,9H,1-4H3,(H,16,22). The molecule has 0 saturated heterocycles. The molecule has 1 aromatic heterocycles. The fraction of sp³-hybridized carbons (Fsp3) is 0.429. The Bertz CT molecular complexity index is 772. The zero-order valence-corrected chi connectivity index (χ0v) is 13.3. The van der Waals surface area contributed by atoms with Crippen molar-refractivity contribution in [2.45, 2.75) is 20.8 Å². The predicted molar refractivity (Wildman–Crippen MR) is 85.5 cm³/mol. The molecule has 0 aliphatic carbocycles. The van der Waals surface area contributed by atoms with Crippen LogP contribution in [0.1, 0.15) is 19.5 Å². The van der Waals surface area contributed by atoms with Gasteiger partial charge in [0.05, 0.1) is 5.69 Å². The van der Waals surface area contributed by atoms with Gasteiger partial charge in [-0.1, -0.05) is 13.8 Å². The number of aromatic nitrogens is 2. The van der Waals surface area contributed by atoms with Gasteiger partial charge in [0, 0.05) is 25.2 Å². The Labute approximate surface area is 132 Å². The van der Waals surface area contributed by atoms with Gasteiger partial charge in [0.25, 0.3) is 11.9 Å². The zero-order chi connectivity index (χ0) is 16.7. The largest absolute Gasteiger partial charge is 0.310 e. The predicted octanol–water partition coefficient (Wildman–Crippen LogP) is 0.476. The highest BCUT2D eigenvalue weighted by molar-refractivity contribution is 6.24. The minimum Gasteiger partial charge on any atom is -0.310 e. The van der Waals surface area contributed by atoms with Gasteiger partial charge in [-0.15, -0.1) is 0 Å². The van der Waals surface area contributed by atoms with Gasteiger partial charge in [-0.2, -0.15) is 24.9 Å². The molecule has 3 heterocycles. The summed E-state index contributed by atoms with van der Waals surface area (Å²) in [7, 11) is 1.71. The van der Waals surface area contributed by atoms with Crippen LogP contribution >= 0.6 is 0 Å². The summed E-state index contributed by atoms with van der Waals surface area (Å²) >= 11 is 0. The quantitative estimate of drug-likeness (QED) is 0.856. The number of hydrogen-bond acceptors (Lipinski definition) is 6. The van der Waals surface area contributed by atoms with Crippen molar-refractivity contribution in [1.29, 1.82) is 0 Å². The number of aryl methyl sites for hydroxylation is 1. The van der Waals surface area contributed by atoms with Crippen molar-refractivity contribution in [1.82, 2.24) is 14.8 Å². The molecule has 0 spiro atoms. The lowest BCUT2D eigenvalue weighted by Crippen LogP contribution is -2.35. The third-order valence-corrected chi connectivity index (χ3v) is 3.49. The van der Waals surface area contributed by atoms with Crippen molar-refractivity contribution in [3.63, 3.8) is 0 Å². The van der Waals surface area contributed by atoms with E-state index >= 15 is 0 Å². The third-order valence-electron chi connectivity index (χ3n) is 3.49. The van der Waals surface area contributed by atoms with E-state index in [9.17, 15) is 9.59 Å². The second-order valence-corrected chi connectivity index (χ2v) is 5.71. The first-order valence-electron chi connectivity index (χ1n) is 7.23. The minimum atomic E-state index is -0.547. The molecule has 0 bridgehead atoms. The molecule has 2 aliphatic rings. The van der Waals surface area contributed by atoms with Crippen LogP contribution in [0.4, 0.5) is 5.82 Å². The van der Waals surface area contributed by atoms with Crippen LogP contribution in [-0.2, 0) is 9.59 Å². The molecular weight excluding hydrogens is 298 g/mol. The van der Waals surface area contributed by atoms with Crippen LogP contribution in [0.25, 0.3) is 0 Å². The number of aliphatic imine (C=N–C) groups is 2. The Kier molecular flexibility index (Phi) is 3.55. The fourth-order valence-electron chi connectivity index (χ4n) is 2.21. The van der Waals surface area contributed by atoms with Crippen molar-refractivity contribution in [2.24, 2.45) is 26.9 Å². The van der Waals surface area contributed by atoms with Crippen LogP contribution in [0.5, 0.6) is 0 Å². The van der Waals surface area contributed by atoms with Crippen molar-refractivity contribution < 1.29 is 9.59 Å². The molecule has 3 rings (SSSR count). The monoisotopic (exact) mass is 315 g/mol. The Morgan fingerprint density at radius 1 is 1.35 bits per heavy atom. The van der Waals surface area contributed by atoms with Crippen LogP contribution in [0.15, 0.2) is 21.2 Å². The Balaban J connectivity index is 1.98. The first-order chi connectivity index (χ1) is 10.9. The number of rotatable bonds is 2. The van der Waals surface area contributed by atoms with Crippen LogP contribution in [-0.4, -0.2) is 51.7 Å². The van der Waals surface area contributed by atoms with Gasteiger partial charge >= 0.3 is 0 Å². The first-order valence-corrected chi connectivity index (χ1v) is 7.23. The van der Waals surface area contributed by atoms with Crippen LogP contribution < -0.4 is 5.32 Å². The molecule has 2 aliphatic heterocycles. The summed E-state index contributed by atoms with van der Waals surface area (Å²) in [5.41, 5.74) is 0.678. The molecule has 23 heavy (non-hydrogen) atoms. The zero-order valence-electron chi connectivity index (χ0n) is 13.3. The lowest BCUT2D eigenvalue weighted by Gasteiger charge is -2.17. The molecule has 1 aromatic rings.